The van der Waals surface area contributed by atoms with Gasteiger partial charge in [0.25, 0.3) is 0 Å². The number of benzene rings is 1. The van der Waals surface area contributed by atoms with Crippen LogP contribution in [0.1, 0.15) is 10.4 Å². The number of rotatable bonds is 6. The van der Waals surface area contributed by atoms with Gasteiger partial charge in [-0.1, -0.05) is 12.0 Å². The minimum atomic E-state index is -0.645. The molecule has 1 N–H and O–H groups in total. The Balaban J connectivity index is 3.01. The maximum Gasteiger partial charge on any atom is 0.340 e. The number of esters is 1. The summed E-state index contributed by atoms with van der Waals surface area (Å²) in [4.78, 5) is 26.6. The minimum Gasteiger partial charge on any atom is -0.507 e. The molecule has 0 unspecified atom stereocenters. The standard InChI is InChI=1S/C16H15NO5/c1-4-6-11(16(20)21-3)13(17-2)10-22-15-8-5-7-14(19)12(15)9-18/h1,5-9,19H,10H2,2-3H3/b11-6+,17-13?. The number of aliphatic imine (C=N–C) groups is 1. The first-order valence-corrected chi connectivity index (χ1v) is 6.19. The molecule has 0 saturated carbocycles. The van der Waals surface area contributed by atoms with Gasteiger partial charge in [-0.25, -0.2) is 4.79 Å². The highest BCUT2D eigenvalue weighted by atomic mass is 16.5. The van der Waals surface area contributed by atoms with E-state index in [1.807, 2.05) is 0 Å². The summed E-state index contributed by atoms with van der Waals surface area (Å²) in [6.45, 7) is -0.122. The van der Waals surface area contributed by atoms with Gasteiger partial charge >= 0.3 is 5.97 Å². The van der Waals surface area contributed by atoms with Crippen molar-refractivity contribution < 1.29 is 24.2 Å². The molecule has 0 amide bonds. The van der Waals surface area contributed by atoms with Crippen molar-refractivity contribution >= 4 is 18.0 Å². The van der Waals surface area contributed by atoms with E-state index in [1.54, 1.807) is 0 Å². The van der Waals surface area contributed by atoms with Gasteiger partial charge in [0.1, 0.15) is 18.1 Å². The molecule has 6 nitrogen and oxygen atoms in total. The van der Waals surface area contributed by atoms with E-state index < -0.39 is 5.97 Å². The molecule has 0 atom stereocenters. The number of terminal acetylenes is 1. The maximum absolute atomic E-state index is 11.7. The molecule has 1 aromatic rings. The third-order valence-corrected chi connectivity index (χ3v) is 2.74. The molecule has 0 aromatic heterocycles. The molecule has 1 rings (SSSR count). The molecule has 114 valence electrons. The zero-order valence-electron chi connectivity index (χ0n) is 12.2. The van der Waals surface area contributed by atoms with Gasteiger partial charge in [0.15, 0.2) is 6.29 Å². The van der Waals surface area contributed by atoms with Crippen LogP contribution in [0.5, 0.6) is 11.5 Å². The molecule has 22 heavy (non-hydrogen) atoms. The lowest BCUT2D eigenvalue weighted by molar-refractivity contribution is -0.135. The second-order valence-corrected chi connectivity index (χ2v) is 3.98. The Hall–Kier alpha value is -3.07. The molecule has 0 aliphatic heterocycles. The first-order chi connectivity index (χ1) is 10.6. The Morgan fingerprint density at radius 2 is 2.23 bits per heavy atom. The summed E-state index contributed by atoms with van der Waals surface area (Å²) in [6.07, 6.45) is 6.88. The quantitative estimate of drug-likeness (QED) is 0.282. The summed E-state index contributed by atoms with van der Waals surface area (Å²) in [6, 6.07) is 4.40. The molecule has 0 heterocycles. The number of aromatic hydroxyl groups is 1. The van der Waals surface area contributed by atoms with Crippen LogP contribution in [0.2, 0.25) is 0 Å². The molecule has 0 saturated heterocycles. The van der Waals surface area contributed by atoms with Crippen LogP contribution in [0.25, 0.3) is 0 Å². The van der Waals surface area contributed by atoms with Gasteiger partial charge in [0, 0.05) is 13.1 Å². The lowest BCUT2D eigenvalue weighted by Crippen LogP contribution is -2.21. The van der Waals surface area contributed by atoms with Crippen molar-refractivity contribution in [2.24, 2.45) is 4.99 Å². The smallest absolute Gasteiger partial charge is 0.340 e. The van der Waals surface area contributed by atoms with Crippen LogP contribution < -0.4 is 4.74 Å². The van der Waals surface area contributed by atoms with Crippen LogP contribution in [-0.2, 0) is 9.53 Å². The second-order valence-electron chi connectivity index (χ2n) is 3.98. The normalized spacial score (nSPS) is 11.5. The summed E-state index contributed by atoms with van der Waals surface area (Å²) in [5.41, 5.74) is 0.351. The van der Waals surface area contributed by atoms with Crippen LogP contribution in [0, 0.1) is 12.3 Å². The number of hydrogen-bond acceptors (Lipinski definition) is 6. The van der Waals surface area contributed by atoms with Crippen molar-refractivity contribution in [1.82, 2.24) is 0 Å². The number of carbonyl (C=O) groups is 2. The van der Waals surface area contributed by atoms with Crippen molar-refractivity contribution in [3.63, 3.8) is 0 Å². The number of allylic oxidation sites excluding steroid dienone is 1. The van der Waals surface area contributed by atoms with Gasteiger partial charge in [-0.15, -0.1) is 6.42 Å². The van der Waals surface area contributed by atoms with E-state index in [2.05, 4.69) is 15.6 Å². The van der Waals surface area contributed by atoms with Crippen LogP contribution in [-0.4, -0.2) is 43.8 Å². The van der Waals surface area contributed by atoms with Gasteiger partial charge in [-0.05, 0) is 12.1 Å². The fraction of sp³-hybridized carbons (Fsp3) is 0.188. The monoisotopic (exact) mass is 301 g/mol. The molecule has 0 aliphatic rings. The number of phenols is 1. The average Bonchev–Trinajstić information content (AvgIpc) is 2.53. The Bertz CT molecular complexity index is 668. The second kappa shape index (κ2) is 8.27. The molecule has 0 fully saturated rings. The number of carbonyl (C=O) groups excluding carboxylic acids is 2. The van der Waals surface area contributed by atoms with Crippen LogP contribution in [0.3, 0.4) is 0 Å². The number of ether oxygens (including phenoxy) is 2. The van der Waals surface area contributed by atoms with E-state index >= 15 is 0 Å². The Labute approximate surface area is 128 Å². The van der Waals surface area contributed by atoms with Gasteiger partial charge < -0.3 is 14.6 Å². The van der Waals surface area contributed by atoms with E-state index in [0.717, 1.165) is 0 Å². The van der Waals surface area contributed by atoms with Gasteiger partial charge in [-0.3, -0.25) is 9.79 Å². The van der Waals surface area contributed by atoms with E-state index in [9.17, 15) is 14.7 Å². The highest BCUT2D eigenvalue weighted by Gasteiger charge is 2.17. The van der Waals surface area contributed by atoms with E-state index in [4.69, 9.17) is 11.2 Å². The number of hydrogen-bond donors (Lipinski definition) is 1. The SMILES string of the molecule is C#C/C=C(/C(=O)OC)C(COc1cccc(O)c1C=O)=NC. The largest absolute Gasteiger partial charge is 0.507 e. The van der Waals surface area contributed by atoms with Crippen LogP contribution in [0.15, 0.2) is 34.8 Å². The number of methoxy groups -OCH3 is 1. The number of aldehydes is 1. The first-order valence-electron chi connectivity index (χ1n) is 6.19. The van der Waals surface area contributed by atoms with Crippen molar-refractivity contribution in [3.05, 3.63) is 35.4 Å². The topological polar surface area (TPSA) is 85.2 Å². The van der Waals surface area contributed by atoms with E-state index in [-0.39, 0.29) is 35.0 Å². The van der Waals surface area contributed by atoms with Gasteiger partial charge in [0.2, 0.25) is 0 Å². The molecular formula is C16H15NO5. The molecule has 0 bridgehead atoms. The number of phenolic OH excluding ortho intramolecular Hbond substituents is 1. The summed E-state index contributed by atoms with van der Waals surface area (Å²) in [5, 5.41) is 9.58. The zero-order chi connectivity index (χ0) is 16.5. The average molecular weight is 301 g/mol. The highest BCUT2D eigenvalue weighted by Crippen LogP contribution is 2.25. The third-order valence-electron chi connectivity index (χ3n) is 2.74. The van der Waals surface area contributed by atoms with Crippen molar-refractivity contribution in [1.29, 1.82) is 0 Å². The third kappa shape index (κ3) is 3.96. The zero-order valence-corrected chi connectivity index (χ0v) is 12.2. The summed E-state index contributed by atoms with van der Waals surface area (Å²) >= 11 is 0. The highest BCUT2D eigenvalue weighted by molar-refractivity contribution is 6.20. The fourth-order valence-electron chi connectivity index (χ4n) is 1.64. The molecule has 0 radical (unpaired) electrons. The summed E-state index contributed by atoms with van der Waals surface area (Å²) in [5.74, 6) is 1.56. The number of nitrogens with zero attached hydrogens (tertiary/aromatic N) is 1. The summed E-state index contributed by atoms with van der Waals surface area (Å²) < 4.78 is 10.1. The van der Waals surface area contributed by atoms with Crippen molar-refractivity contribution in [2.75, 3.05) is 20.8 Å². The van der Waals surface area contributed by atoms with Crippen molar-refractivity contribution in [3.8, 4) is 23.8 Å². The van der Waals surface area contributed by atoms with Gasteiger partial charge in [0.05, 0.1) is 24.0 Å². The lowest BCUT2D eigenvalue weighted by atomic mass is 10.1. The predicted octanol–water partition coefficient (Wildman–Crippen LogP) is 1.39. The molecule has 0 aliphatic carbocycles. The van der Waals surface area contributed by atoms with Crippen LogP contribution >= 0.6 is 0 Å². The first kappa shape index (κ1) is 17.0. The van der Waals surface area contributed by atoms with E-state index in [1.165, 1.54) is 38.4 Å². The van der Waals surface area contributed by atoms with Crippen molar-refractivity contribution in [2.45, 2.75) is 0 Å². The molecule has 0 spiro atoms. The summed E-state index contributed by atoms with van der Waals surface area (Å²) in [7, 11) is 2.69. The van der Waals surface area contributed by atoms with E-state index in [0.29, 0.717) is 6.29 Å². The maximum atomic E-state index is 11.7. The van der Waals surface area contributed by atoms with Crippen LogP contribution in [0.4, 0.5) is 0 Å². The molecule has 1 aromatic carbocycles. The minimum absolute atomic E-state index is 0.0125. The molecule has 6 heteroatoms. The Kier molecular flexibility index (Phi) is 6.38. The fourth-order valence-corrected chi connectivity index (χ4v) is 1.64. The predicted molar refractivity (Wildman–Crippen MR) is 81.3 cm³/mol. The molecular weight excluding hydrogens is 286 g/mol. The Morgan fingerprint density at radius 3 is 2.77 bits per heavy atom. The lowest BCUT2D eigenvalue weighted by Gasteiger charge is -2.12. The van der Waals surface area contributed by atoms with Gasteiger partial charge in [-0.2, -0.15) is 0 Å². The Morgan fingerprint density at radius 1 is 1.50 bits per heavy atom.